The van der Waals surface area contributed by atoms with E-state index in [4.69, 9.17) is 14.7 Å². The average Bonchev–Trinajstić information content (AvgIpc) is 2.47. The molecule has 0 radical (unpaired) electrons. The first-order valence-corrected chi connectivity index (χ1v) is 6.28. The van der Waals surface area contributed by atoms with E-state index >= 15 is 0 Å². The summed E-state index contributed by atoms with van der Waals surface area (Å²) in [6.07, 6.45) is 1.80. The first-order valence-electron chi connectivity index (χ1n) is 6.28. The molecular weight excluding hydrogens is 244 g/mol. The highest BCUT2D eigenvalue weighted by atomic mass is 16.5. The second kappa shape index (κ2) is 6.76. The zero-order chi connectivity index (χ0) is 13.5. The molecule has 2 rings (SSSR count). The number of carbonyl (C=O) groups excluding carboxylic acids is 1. The molecule has 1 N–H and O–H groups in total. The van der Waals surface area contributed by atoms with Crippen molar-refractivity contribution in [3.8, 4) is 11.8 Å². The van der Waals surface area contributed by atoms with Gasteiger partial charge in [0, 0.05) is 12.3 Å². The molecule has 0 bridgehead atoms. The van der Waals surface area contributed by atoms with Crippen molar-refractivity contribution in [2.75, 3.05) is 25.1 Å². The summed E-state index contributed by atoms with van der Waals surface area (Å²) >= 11 is 0. The summed E-state index contributed by atoms with van der Waals surface area (Å²) in [6.45, 7) is 1.26. The first kappa shape index (κ1) is 13.4. The molecular formula is C14H16N2O3. The minimum Gasteiger partial charge on any atom is -0.479 e. The number of nitriles is 1. The molecule has 1 amide bonds. The number of carbonyl (C=O) groups is 1. The van der Waals surface area contributed by atoms with Crippen LogP contribution in [-0.4, -0.2) is 25.7 Å². The molecule has 1 aromatic rings. The second-order valence-electron chi connectivity index (χ2n) is 4.37. The van der Waals surface area contributed by atoms with Crippen LogP contribution in [0.1, 0.15) is 12.8 Å². The minimum atomic E-state index is -0.0664. The monoisotopic (exact) mass is 260 g/mol. The molecule has 1 atom stereocenters. The van der Waals surface area contributed by atoms with Crippen LogP contribution in [0.25, 0.3) is 0 Å². The summed E-state index contributed by atoms with van der Waals surface area (Å²) < 4.78 is 10.4. The summed E-state index contributed by atoms with van der Waals surface area (Å²) in [5.74, 6) is 0.536. The lowest BCUT2D eigenvalue weighted by Gasteiger charge is -2.21. The minimum absolute atomic E-state index is 0.00890. The van der Waals surface area contributed by atoms with Gasteiger partial charge in [0.1, 0.15) is 11.8 Å². The zero-order valence-electron chi connectivity index (χ0n) is 10.6. The lowest BCUT2D eigenvalue weighted by molar-refractivity contribution is -0.123. The number of amides is 1. The summed E-state index contributed by atoms with van der Waals surface area (Å²) in [7, 11) is 0. The molecule has 1 fully saturated rings. The number of hydrogen-bond acceptors (Lipinski definition) is 4. The number of anilines is 1. The van der Waals surface area contributed by atoms with Gasteiger partial charge in [-0.05, 0) is 37.1 Å². The molecule has 0 aromatic heterocycles. The first-order chi connectivity index (χ1) is 9.29. The van der Waals surface area contributed by atoms with E-state index in [1.807, 2.05) is 6.07 Å². The molecule has 1 aromatic carbocycles. The fourth-order valence-corrected chi connectivity index (χ4v) is 1.94. The Hall–Kier alpha value is -2.06. The molecule has 1 saturated heterocycles. The largest absolute Gasteiger partial charge is 0.479 e. The maximum Gasteiger partial charge on any atom is 0.229 e. The Morgan fingerprint density at radius 3 is 2.89 bits per heavy atom. The molecule has 1 heterocycles. The third-order valence-corrected chi connectivity index (χ3v) is 2.96. The van der Waals surface area contributed by atoms with E-state index in [1.54, 1.807) is 24.3 Å². The Bertz CT molecular complexity index is 459. The van der Waals surface area contributed by atoms with E-state index in [1.165, 1.54) is 0 Å². The van der Waals surface area contributed by atoms with Crippen molar-refractivity contribution < 1.29 is 14.3 Å². The highest BCUT2D eigenvalue weighted by molar-refractivity contribution is 5.92. The molecule has 1 unspecified atom stereocenters. The molecule has 1 aliphatic rings. The van der Waals surface area contributed by atoms with E-state index in [2.05, 4.69) is 5.32 Å². The van der Waals surface area contributed by atoms with Crippen molar-refractivity contribution >= 4 is 11.6 Å². The molecule has 1 aliphatic heterocycles. The highest BCUT2D eigenvalue weighted by Gasteiger charge is 2.21. The fraction of sp³-hybridized carbons (Fsp3) is 0.429. The van der Waals surface area contributed by atoms with Crippen LogP contribution < -0.4 is 10.1 Å². The Morgan fingerprint density at radius 1 is 1.47 bits per heavy atom. The van der Waals surface area contributed by atoms with Crippen molar-refractivity contribution in [3.63, 3.8) is 0 Å². The van der Waals surface area contributed by atoms with E-state index < -0.39 is 0 Å². The van der Waals surface area contributed by atoms with Gasteiger partial charge in [0.15, 0.2) is 6.61 Å². The summed E-state index contributed by atoms with van der Waals surface area (Å²) in [5.41, 5.74) is 0.722. The quantitative estimate of drug-likeness (QED) is 0.898. The van der Waals surface area contributed by atoms with Gasteiger partial charge >= 0.3 is 0 Å². The van der Waals surface area contributed by atoms with Gasteiger partial charge < -0.3 is 14.8 Å². The molecule has 19 heavy (non-hydrogen) atoms. The van der Waals surface area contributed by atoms with Gasteiger partial charge in [-0.25, -0.2) is 0 Å². The SMILES string of the molecule is N#CCOc1ccc(NC(=O)C2CCCOC2)cc1. The lowest BCUT2D eigenvalue weighted by Crippen LogP contribution is -2.30. The summed E-state index contributed by atoms with van der Waals surface area (Å²) in [6, 6.07) is 8.87. The lowest BCUT2D eigenvalue weighted by atomic mass is 10.0. The maximum absolute atomic E-state index is 12.0. The third kappa shape index (κ3) is 3.97. The van der Waals surface area contributed by atoms with Crippen LogP contribution in [0.5, 0.6) is 5.75 Å². The van der Waals surface area contributed by atoms with Crippen LogP contribution in [0, 0.1) is 17.2 Å². The number of hydrogen-bond donors (Lipinski definition) is 1. The average molecular weight is 260 g/mol. The number of nitrogens with one attached hydrogen (secondary N) is 1. The third-order valence-electron chi connectivity index (χ3n) is 2.96. The predicted molar refractivity (Wildman–Crippen MR) is 69.7 cm³/mol. The van der Waals surface area contributed by atoms with Crippen molar-refractivity contribution in [1.82, 2.24) is 0 Å². The molecule has 100 valence electrons. The van der Waals surface area contributed by atoms with E-state index in [0.717, 1.165) is 25.1 Å². The highest BCUT2D eigenvalue weighted by Crippen LogP contribution is 2.19. The normalized spacial score (nSPS) is 18.4. The van der Waals surface area contributed by atoms with Crippen molar-refractivity contribution in [1.29, 1.82) is 5.26 Å². The van der Waals surface area contributed by atoms with Gasteiger partial charge in [0.2, 0.25) is 5.91 Å². The topological polar surface area (TPSA) is 71.3 Å². The zero-order valence-corrected chi connectivity index (χ0v) is 10.6. The van der Waals surface area contributed by atoms with Crippen LogP contribution in [-0.2, 0) is 9.53 Å². The Labute approximate surface area is 112 Å². The van der Waals surface area contributed by atoms with Gasteiger partial charge in [-0.2, -0.15) is 5.26 Å². The van der Waals surface area contributed by atoms with Gasteiger partial charge in [-0.3, -0.25) is 4.79 Å². The molecule has 0 saturated carbocycles. The fourth-order valence-electron chi connectivity index (χ4n) is 1.94. The van der Waals surface area contributed by atoms with Gasteiger partial charge in [-0.15, -0.1) is 0 Å². The van der Waals surface area contributed by atoms with E-state index in [0.29, 0.717) is 12.4 Å². The van der Waals surface area contributed by atoms with Gasteiger partial charge in [-0.1, -0.05) is 0 Å². The predicted octanol–water partition coefficient (Wildman–Crippen LogP) is 1.95. The van der Waals surface area contributed by atoms with E-state index in [9.17, 15) is 4.79 Å². The number of ether oxygens (including phenoxy) is 2. The van der Waals surface area contributed by atoms with Crippen molar-refractivity contribution in [3.05, 3.63) is 24.3 Å². The Kier molecular flexibility index (Phi) is 4.76. The standard InChI is InChI=1S/C14H16N2O3/c15-7-9-19-13-5-3-12(4-6-13)16-14(17)11-2-1-8-18-10-11/h3-6,11H,1-2,8-10H2,(H,16,17). The maximum atomic E-state index is 12.0. The van der Waals surface area contributed by atoms with Crippen LogP contribution in [0.2, 0.25) is 0 Å². The van der Waals surface area contributed by atoms with Gasteiger partial charge in [0.25, 0.3) is 0 Å². The van der Waals surface area contributed by atoms with Crippen molar-refractivity contribution in [2.45, 2.75) is 12.8 Å². The smallest absolute Gasteiger partial charge is 0.229 e. The van der Waals surface area contributed by atoms with Crippen LogP contribution in [0.4, 0.5) is 5.69 Å². The molecule has 0 aliphatic carbocycles. The molecule has 5 heteroatoms. The van der Waals surface area contributed by atoms with E-state index in [-0.39, 0.29) is 18.4 Å². The Balaban J connectivity index is 1.88. The van der Waals surface area contributed by atoms with Crippen LogP contribution >= 0.6 is 0 Å². The van der Waals surface area contributed by atoms with Crippen molar-refractivity contribution in [2.24, 2.45) is 5.92 Å². The van der Waals surface area contributed by atoms with Crippen LogP contribution in [0.15, 0.2) is 24.3 Å². The summed E-state index contributed by atoms with van der Waals surface area (Å²) in [4.78, 5) is 12.0. The Morgan fingerprint density at radius 2 is 2.26 bits per heavy atom. The molecule has 0 spiro atoms. The second-order valence-corrected chi connectivity index (χ2v) is 4.37. The summed E-state index contributed by atoms with van der Waals surface area (Å²) in [5, 5.41) is 11.3. The van der Waals surface area contributed by atoms with Crippen LogP contribution in [0.3, 0.4) is 0 Å². The number of rotatable bonds is 4. The van der Waals surface area contributed by atoms with Gasteiger partial charge in [0.05, 0.1) is 12.5 Å². The molecule has 5 nitrogen and oxygen atoms in total. The number of nitrogens with zero attached hydrogens (tertiary/aromatic N) is 1. The number of benzene rings is 1.